The molecule has 0 fully saturated rings. The predicted octanol–water partition coefficient (Wildman–Crippen LogP) is 3.96. The van der Waals surface area contributed by atoms with E-state index in [9.17, 15) is 4.79 Å². The van der Waals surface area contributed by atoms with Gasteiger partial charge in [0, 0.05) is 11.4 Å². The van der Waals surface area contributed by atoms with Gasteiger partial charge in [-0.2, -0.15) is 5.26 Å². The smallest absolute Gasteiger partial charge is 0.276 e. The average Bonchev–Trinajstić information content (AvgIpc) is 2.66. The van der Waals surface area contributed by atoms with Crippen LogP contribution in [-0.4, -0.2) is 16.1 Å². The minimum Gasteiger partial charge on any atom is -0.339 e. The lowest BCUT2D eigenvalue weighted by Crippen LogP contribution is -2.15. The molecule has 0 aliphatic heterocycles. The minimum atomic E-state index is -0.316. The number of aryl methyl sites for hydroxylation is 1. The van der Waals surface area contributed by atoms with Gasteiger partial charge in [0.2, 0.25) is 0 Å². The molecule has 0 spiro atoms. The molecule has 1 aromatic heterocycles. The lowest BCUT2D eigenvalue weighted by atomic mass is 10.1. The van der Waals surface area contributed by atoms with Gasteiger partial charge in [0.1, 0.15) is 0 Å². The van der Waals surface area contributed by atoms with E-state index >= 15 is 0 Å². The van der Waals surface area contributed by atoms with Crippen LogP contribution in [0, 0.1) is 25.2 Å². The fourth-order valence-corrected chi connectivity index (χ4v) is 2.41. The number of anilines is 3. The van der Waals surface area contributed by atoms with Crippen LogP contribution >= 0.6 is 0 Å². The molecule has 6 heteroatoms. The van der Waals surface area contributed by atoms with Crippen molar-refractivity contribution in [3.05, 3.63) is 77.0 Å². The van der Waals surface area contributed by atoms with E-state index in [0.717, 1.165) is 22.5 Å². The zero-order chi connectivity index (χ0) is 18.5. The topological polar surface area (TPSA) is 90.7 Å². The molecule has 1 amide bonds. The zero-order valence-corrected chi connectivity index (χ0v) is 14.4. The first-order chi connectivity index (χ1) is 12.6. The van der Waals surface area contributed by atoms with E-state index in [1.54, 1.807) is 30.3 Å². The Labute approximate surface area is 151 Å². The maximum absolute atomic E-state index is 12.4. The summed E-state index contributed by atoms with van der Waals surface area (Å²) < 4.78 is 0. The van der Waals surface area contributed by atoms with Crippen LogP contribution in [0.1, 0.15) is 27.2 Å². The molecule has 26 heavy (non-hydrogen) atoms. The quantitative estimate of drug-likeness (QED) is 0.748. The number of nitrogens with one attached hydrogen (secondary N) is 2. The summed E-state index contributed by atoms with van der Waals surface area (Å²) in [7, 11) is 0. The molecule has 128 valence electrons. The molecule has 0 radical (unpaired) electrons. The standard InChI is InChI=1S/C20H17N5O/c1-13-5-3-8-17(14(13)2)23-20(26)18-9-10-19(25-24-18)22-16-7-4-6-15(11-16)12-21/h3-11H,1-2H3,(H,22,25)(H,23,26). The van der Waals surface area contributed by atoms with Crippen molar-refractivity contribution in [2.75, 3.05) is 10.6 Å². The number of hydrogen-bond donors (Lipinski definition) is 2. The first-order valence-corrected chi connectivity index (χ1v) is 8.05. The van der Waals surface area contributed by atoms with E-state index in [1.807, 2.05) is 38.1 Å². The lowest BCUT2D eigenvalue weighted by molar-refractivity contribution is 0.102. The second-order valence-corrected chi connectivity index (χ2v) is 5.82. The maximum Gasteiger partial charge on any atom is 0.276 e. The van der Waals surface area contributed by atoms with Gasteiger partial charge < -0.3 is 10.6 Å². The number of benzene rings is 2. The van der Waals surface area contributed by atoms with Crippen LogP contribution in [0.5, 0.6) is 0 Å². The van der Waals surface area contributed by atoms with Crippen LogP contribution < -0.4 is 10.6 Å². The molecule has 1 heterocycles. The van der Waals surface area contributed by atoms with Gasteiger partial charge in [0.05, 0.1) is 11.6 Å². The number of nitriles is 1. The Kier molecular flexibility index (Phi) is 4.90. The molecule has 0 unspecified atom stereocenters. The van der Waals surface area contributed by atoms with Crippen molar-refractivity contribution in [1.82, 2.24) is 10.2 Å². The van der Waals surface area contributed by atoms with Crippen molar-refractivity contribution in [3.8, 4) is 6.07 Å². The van der Waals surface area contributed by atoms with E-state index in [4.69, 9.17) is 5.26 Å². The van der Waals surface area contributed by atoms with Gasteiger partial charge >= 0.3 is 0 Å². The summed E-state index contributed by atoms with van der Waals surface area (Å²) in [4.78, 5) is 12.4. The Bertz CT molecular complexity index is 990. The number of amides is 1. The Morgan fingerprint density at radius 2 is 1.85 bits per heavy atom. The largest absolute Gasteiger partial charge is 0.339 e. The highest BCUT2D eigenvalue weighted by Crippen LogP contribution is 2.19. The molecular formula is C20H17N5O. The van der Waals surface area contributed by atoms with Gasteiger partial charge in [-0.05, 0) is 61.4 Å². The van der Waals surface area contributed by atoms with Crippen LogP contribution in [0.3, 0.4) is 0 Å². The first-order valence-electron chi connectivity index (χ1n) is 8.05. The molecule has 0 aliphatic carbocycles. The zero-order valence-electron chi connectivity index (χ0n) is 14.4. The lowest BCUT2D eigenvalue weighted by Gasteiger charge is -2.10. The number of carbonyl (C=O) groups is 1. The monoisotopic (exact) mass is 343 g/mol. The van der Waals surface area contributed by atoms with Gasteiger partial charge in [-0.1, -0.05) is 18.2 Å². The van der Waals surface area contributed by atoms with Crippen LogP contribution in [0.2, 0.25) is 0 Å². The van der Waals surface area contributed by atoms with Crippen molar-refractivity contribution in [1.29, 1.82) is 5.26 Å². The second kappa shape index (κ2) is 7.45. The van der Waals surface area contributed by atoms with Crippen LogP contribution in [-0.2, 0) is 0 Å². The number of carbonyl (C=O) groups excluding carboxylic acids is 1. The number of hydrogen-bond acceptors (Lipinski definition) is 5. The van der Waals surface area contributed by atoms with Gasteiger partial charge in [0.25, 0.3) is 5.91 Å². The third kappa shape index (κ3) is 3.84. The Morgan fingerprint density at radius 3 is 2.58 bits per heavy atom. The summed E-state index contributed by atoms with van der Waals surface area (Å²) in [5, 5.41) is 22.8. The number of aromatic nitrogens is 2. The average molecular weight is 343 g/mol. The molecule has 3 aromatic rings. The summed E-state index contributed by atoms with van der Waals surface area (Å²) in [5.74, 6) is 0.174. The predicted molar refractivity (Wildman–Crippen MR) is 100 cm³/mol. The van der Waals surface area contributed by atoms with Crippen molar-refractivity contribution in [3.63, 3.8) is 0 Å². The summed E-state index contributed by atoms with van der Waals surface area (Å²) in [6.45, 7) is 3.95. The normalized spacial score (nSPS) is 10.0. The molecule has 0 saturated carbocycles. The van der Waals surface area contributed by atoms with Crippen LogP contribution in [0.25, 0.3) is 0 Å². The van der Waals surface area contributed by atoms with Crippen molar-refractivity contribution in [2.24, 2.45) is 0 Å². The molecule has 6 nitrogen and oxygen atoms in total. The van der Waals surface area contributed by atoms with Gasteiger partial charge in [-0.15, -0.1) is 10.2 Å². The third-order valence-corrected chi connectivity index (χ3v) is 4.01. The van der Waals surface area contributed by atoms with Crippen LogP contribution in [0.15, 0.2) is 54.6 Å². The number of nitrogens with zero attached hydrogens (tertiary/aromatic N) is 3. The van der Waals surface area contributed by atoms with Crippen molar-refractivity contribution in [2.45, 2.75) is 13.8 Å². The Morgan fingerprint density at radius 1 is 1.04 bits per heavy atom. The van der Waals surface area contributed by atoms with Crippen LogP contribution in [0.4, 0.5) is 17.2 Å². The van der Waals surface area contributed by atoms with E-state index in [2.05, 4.69) is 26.9 Å². The highest BCUT2D eigenvalue weighted by molar-refractivity contribution is 6.03. The maximum atomic E-state index is 12.4. The summed E-state index contributed by atoms with van der Waals surface area (Å²) in [6, 6.07) is 18.1. The van der Waals surface area contributed by atoms with E-state index in [-0.39, 0.29) is 11.6 Å². The highest BCUT2D eigenvalue weighted by Gasteiger charge is 2.11. The molecule has 0 saturated heterocycles. The van der Waals surface area contributed by atoms with Crippen molar-refractivity contribution < 1.29 is 4.79 Å². The molecule has 0 bridgehead atoms. The molecule has 2 N–H and O–H groups in total. The van der Waals surface area contributed by atoms with E-state index in [1.165, 1.54) is 0 Å². The van der Waals surface area contributed by atoms with Crippen molar-refractivity contribution >= 4 is 23.1 Å². The second-order valence-electron chi connectivity index (χ2n) is 5.82. The molecular weight excluding hydrogens is 326 g/mol. The fourth-order valence-electron chi connectivity index (χ4n) is 2.41. The Hall–Kier alpha value is -3.72. The fraction of sp³-hybridized carbons (Fsp3) is 0.100. The third-order valence-electron chi connectivity index (χ3n) is 4.01. The van der Waals surface area contributed by atoms with Gasteiger partial charge in [-0.3, -0.25) is 4.79 Å². The molecule has 0 atom stereocenters. The van der Waals surface area contributed by atoms with E-state index in [0.29, 0.717) is 11.4 Å². The summed E-state index contributed by atoms with van der Waals surface area (Å²) in [6.07, 6.45) is 0. The first kappa shape index (κ1) is 17.1. The molecule has 3 rings (SSSR count). The van der Waals surface area contributed by atoms with Gasteiger partial charge in [-0.25, -0.2) is 0 Å². The summed E-state index contributed by atoms with van der Waals surface area (Å²) in [5.41, 5.74) is 4.38. The summed E-state index contributed by atoms with van der Waals surface area (Å²) >= 11 is 0. The molecule has 0 aliphatic rings. The SMILES string of the molecule is Cc1cccc(NC(=O)c2ccc(Nc3cccc(C#N)c3)nn2)c1C. The molecule has 2 aromatic carbocycles. The van der Waals surface area contributed by atoms with E-state index < -0.39 is 0 Å². The van der Waals surface area contributed by atoms with Gasteiger partial charge in [0.15, 0.2) is 11.5 Å². The number of rotatable bonds is 4. The minimum absolute atomic E-state index is 0.224. The Balaban J connectivity index is 1.71. The highest BCUT2D eigenvalue weighted by atomic mass is 16.1.